The molecule has 1 N–H and O–H groups in total. The summed E-state index contributed by atoms with van der Waals surface area (Å²) in [5.74, 6) is -1.12. The first-order valence-corrected chi connectivity index (χ1v) is 15.9. The van der Waals surface area contributed by atoms with Crippen LogP contribution in [-0.2, 0) is 24.5 Å². The molecular weight excluding hydrogens is 512 g/mol. The molecule has 0 unspecified atom stereocenters. The van der Waals surface area contributed by atoms with Crippen molar-refractivity contribution in [3.8, 4) is 0 Å². The number of hydrogen-bond acceptors (Lipinski definition) is 5. The summed E-state index contributed by atoms with van der Waals surface area (Å²) in [5, 5.41) is 12.1. The lowest BCUT2D eigenvalue weighted by atomic mass is 9.77. The largest absolute Gasteiger partial charge is 0.387 e. The minimum absolute atomic E-state index is 0.513. The third kappa shape index (κ3) is 7.43. The van der Waals surface area contributed by atoms with Crippen LogP contribution in [0.3, 0.4) is 0 Å². The van der Waals surface area contributed by atoms with Gasteiger partial charge in [-0.3, -0.25) is 0 Å². The monoisotopic (exact) mass is 566 g/mol. The van der Waals surface area contributed by atoms with Crippen molar-refractivity contribution in [3.05, 3.63) is 71.8 Å². The molecule has 2 aliphatic rings. The molecule has 0 saturated carbocycles. The highest BCUT2D eigenvalue weighted by Gasteiger charge is 2.71. The number of ether oxygens (including phenoxy) is 4. The van der Waals surface area contributed by atoms with E-state index in [1.807, 2.05) is 77.9 Å². The normalized spacial score (nSPS) is 27.7. The second-order valence-electron chi connectivity index (χ2n) is 14.0. The SMILES string of the molecule is CCCCCCCCCC[C@@]12O[C@@H]([C@@H](OC(C)(C)C)[C@H](O)[C@H]1OC(C)(C)C)C(c1ccccc1)(c1ccccc1)O2. The molecule has 0 radical (unpaired) electrons. The summed E-state index contributed by atoms with van der Waals surface area (Å²) in [5.41, 5.74) is -0.0366. The van der Waals surface area contributed by atoms with Crippen molar-refractivity contribution in [1.82, 2.24) is 0 Å². The van der Waals surface area contributed by atoms with E-state index in [0.717, 1.165) is 24.0 Å². The Morgan fingerprint density at radius 1 is 0.707 bits per heavy atom. The van der Waals surface area contributed by atoms with Gasteiger partial charge >= 0.3 is 0 Å². The predicted molar refractivity (Wildman–Crippen MR) is 165 cm³/mol. The number of rotatable bonds is 13. The third-order valence-electron chi connectivity index (χ3n) is 8.19. The van der Waals surface area contributed by atoms with Crippen molar-refractivity contribution in [2.45, 2.75) is 153 Å². The fourth-order valence-electron chi connectivity index (χ4n) is 6.51. The van der Waals surface area contributed by atoms with Crippen molar-refractivity contribution in [2.24, 2.45) is 0 Å². The van der Waals surface area contributed by atoms with Gasteiger partial charge in [-0.1, -0.05) is 113 Å². The van der Waals surface area contributed by atoms with E-state index in [4.69, 9.17) is 18.9 Å². The standard InChI is InChI=1S/C36H54O5/c1-8-9-10-11-12-13-14-21-26-35-31(39-34(5,6)7)29(37)30(38-33(2,3)4)32(40-35)36(41-35,27-22-17-15-18-23-27)28-24-19-16-20-25-28/h15-20,22-25,29-32,37H,8-14,21,26H2,1-7H3/t29-,30-,31+,32-,35-/m0/s1. The molecule has 5 nitrogen and oxygen atoms in total. The summed E-state index contributed by atoms with van der Waals surface area (Å²) in [6.45, 7) is 14.4. The zero-order chi connectivity index (χ0) is 29.7. The molecule has 0 aromatic heterocycles. The van der Waals surface area contributed by atoms with Gasteiger partial charge in [-0.2, -0.15) is 0 Å². The molecule has 4 rings (SSSR count). The van der Waals surface area contributed by atoms with Crippen molar-refractivity contribution >= 4 is 0 Å². The number of aliphatic hydroxyl groups is 1. The van der Waals surface area contributed by atoms with E-state index < -0.39 is 47.0 Å². The number of benzene rings is 2. The molecule has 2 fully saturated rings. The molecular formula is C36H54O5. The van der Waals surface area contributed by atoms with E-state index in [9.17, 15) is 5.11 Å². The second-order valence-corrected chi connectivity index (χ2v) is 14.0. The van der Waals surface area contributed by atoms with E-state index >= 15 is 0 Å². The van der Waals surface area contributed by atoms with E-state index in [2.05, 4.69) is 31.2 Å². The van der Waals surface area contributed by atoms with Crippen molar-refractivity contribution in [1.29, 1.82) is 0 Å². The average molecular weight is 567 g/mol. The van der Waals surface area contributed by atoms with Crippen LogP contribution >= 0.6 is 0 Å². The fraction of sp³-hybridized carbons (Fsp3) is 0.667. The van der Waals surface area contributed by atoms with Crippen molar-refractivity contribution in [2.75, 3.05) is 0 Å². The molecule has 41 heavy (non-hydrogen) atoms. The van der Waals surface area contributed by atoms with Gasteiger partial charge in [0.05, 0.1) is 11.2 Å². The topological polar surface area (TPSA) is 57.2 Å². The molecule has 2 aromatic carbocycles. The van der Waals surface area contributed by atoms with Crippen LogP contribution in [0.25, 0.3) is 0 Å². The maximum atomic E-state index is 12.1. The van der Waals surface area contributed by atoms with Crippen molar-refractivity contribution in [3.63, 3.8) is 0 Å². The van der Waals surface area contributed by atoms with Crippen LogP contribution in [0.2, 0.25) is 0 Å². The van der Waals surface area contributed by atoms with E-state index in [0.29, 0.717) is 6.42 Å². The molecule has 2 aliphatic heterocycles. The lowest BCUT2D eigenvalue weighted by Gasteiger charge is -2.48. The first kappa shape index (κ1) is 32.2. The van der Waals surface area contributed by atoms with Crippen LogP contribution in [0.5, 0.6) is 0 Å². The second kappa shape index (κ2) is 13.3. The highest BCUT2D eigenvalue weighted by atomic mass is 16.8. The molecule has 0 amide bonds. The Balaban J connectivity index is 1.76. The van der Waals surface area contributed by atoms with Crippen LogP contribution < -0.4 is 0 Å². The van der Waals surface area contributed by atoms with Crippen LogP contribution in [0.15, 0.2) is 60.7 Å². The Kier molecular flexibility index (Phi) is 10.4. The lowest BCUT2D eigenvalue weighted by molar-refractivity contribution is -0.335. The summed E-state index contributed by atoms with van der Waals surface area (Å²) in [6.07, 6.45) is 7.39. The van der Waals surface area contributed by atoms with E-state index in [1.54, 1.807) is 0 Å². The average Bonchev–Trinajstić information content (AvgIpc) is 3.25. The summed E-state index contributed by atoms with van der Waals surface area (Å²) >= 11 is 0. The molecule has 5 atom stereocenters. The van der Waals surface area contributed by atoms with Gasteiger partial charge in [-0.15, -0.1) is 0 Å². The molecule has 2 saturated heterocycles. The zero-order valence-electron chi connectivity index (χ0n) is 26.5. The Hall–Kier alpha value is -1.76. The molecule has 5 heteroatoms. The third-order valence-corrected chi connectivity index (χ3v) is 8.19. The van der Waals surface area contributed by atoms with Gasteiger partial charge in [-0.25, -0.2) is 0 Å². The maximum absolute atomic E-state index is 12.1. The van der Waals surface area contributed by atoms with Gasteiger partial charge in [0.25, 0.3) is 0 Å². The fourth-order valence-corrected chi connectivity index (χ4v) is 6.51. The first-order valence-electron chi connectivity index (χ1n) is 15.9. The number of aliphatic hydroxyl groups excluding tert-OH is 1. The van der Waals surface area contributed by atoms with Gasteiger partial charge in [0.1, 0.15) is 24.4 Å². The minimum atomic E-state index is -1.12. The van der Waals surface area contributed by atoms with Crippen LogP contribution in [0, 0.1) is 0 Å². The Bertz CT molecular complexity index is 1020. The highest BCUT2D eigenvalue weighted by Crippen LogP contribution is 2.57. The van der Waals surface area contributed by atoms with E-state index in [-0.39, 0.29) is 0 Å². The lowest BCUT2D eigenvalue weighted by Crippen LogP contribution is -2.64. The summed E-state index contributed by atoms with van der Waals surface area (Å²) < 4.78 is 27.8. The first-order chi connectivity index (χ1) is 19.4. The molecule has 2 bridgehead atoms. The summed E-state index contributed by atoms with van der Waals surface area (Å²) in [4.78, 5) is 0. The quantitative estimate of drug-likeness (QED) is 0.247. The molecule has 228 valence electrons. The minimum Gasteiger partial charge on any atom is -0.387 e. The van der Waals surface area contributed by atoms with Crippen LogP contribution in [0.1, 0.15) is 117 Å². The Labute approximate surface area is 248 Å². The Morgan fingerprint density at radius 3 is 1.68 bits per heavy atom. The number of fused-ring (bicyclic) bond motifs is 2. The highest BCUT2D eigenvalue weighted by molar-refractivity contribution is 5.41. The molecule has 2 aromatic rings. The molecule has 2 heterocycles. The van der Waals surface area contributed by atoms with Crippen molar-refractivity contribution < 1.29 is 24.1 Å². The van der Waals surface area contributed by atoms with Crippen LogP contribution in [0.4, 0.5) is 0 Å². The summed E-state index contributed by atoms with van der Waals surface area (Å²) in [6, 6.07) is 20.6. The maximum Gasteiger partial charge on any atom is 0.199 e. The number of hydrogen-bond donors (Lipinski definition) is 1. The zero-order valence-corrected chi connectivity index (χ0v) is 26.5. The van der Waals surface area contributed by atoms with Gasteiger partial charge < -0.3 is 24.1 Å². The van der Waals surface area contributed by atoms with Gasteiger partial charge in [0.15, 0.2) is 11.4 Å². The molecule has 0 spiro atoms. The van der Waals surface area contributed by atoms with E-state index in [1.165, 1.54) is 38.5 Å². The summed E-state index contributed by atoms with van der Waals surface area (Å²) in [7, 11) is 0. The van der Waals surface area contributed by atoms with Crippen LogP contribution in [-0.4, -0.2) is 46.5 Å². The Morgan fingerprint density at radius 2 is 1.20 bits per heavy atom. The van der Waals surface area contributed by atoms with Gasteiger partial charge in [-0.05, 0) is 59.1 Å². The van der Waals surface area contributed by atoms with Gasteiger partial charge in [0.2, 0.25) is 0 Å². The number of unbranched alkanes of at least 4 members (excludes halogenated alkanes) is 7. The van der Waals surface area contributed by atoms with Gasteiger partial charge in [0, 0.05) is 6.42 Å². The predicted octanol–water partition coefficient (Wildman–Crippen LogP) is 8.31. The smallest absolute Gasteiger partial charge is 0.199 e. The molecule has 0 aliphatic carbocycles.